The van der Waals surface area contributed by atoms with E-state index in [0.717, 1.165) is 29.5 Å². The fourth-order valence-electron chi connectivity index (χ4n) is 1.70. The summed E-state index contributed by atoms with van der Waals surface area (Å²) in [6.07, 6.45) is 6.03. The second-order valence-corrected chi connectivity index (χ2v) is 4.81. The summed E-state index contributed by atoms with van der Waals surface area (Å²) in [5.41, 5.74) is 0.956. The van der Waals surface area contributed by atoms with Crippen LogP contribution in [0.15, 0.2) is 29.3 Å². The van der Waals surface area contributed by atoms with Crippen molar-refractivity contribution in [2.75, 3.05) is 6.54 Å². The summed E-state index contributed by atoms with van der Waals surface area (Å²) < 4.78 is 0. The highest BCUT2D eigenvalue weighted by atomic mass is 35.5. The van der Waals surface area contributed by atoms with E-state index in [4.69, 9.17) is 11.6 Å². The number of halogens is 1. The molecule has 0 radical (unpaired) electrons. The fourth-order valence-corrected chi connectivity index (χ4v) is 1.83. The number of nitrogens with zero attached hydrogens (tertiary/aromatic N) is 1. The zero-order valence-corrected chi connectivity index (χ0v) is 12.1. The van der Waals surface area contributed by atoms with E-state index in [1.165, 1.54) is 25.7 Å². The molecule has 0 fully saturated rings. The number of hydrogen-bond donors (Lipinski definition) is 1. The molecule has 1 aromatic carbocycles. The minimum atomic E-state index is 0.750. The number of rotatable bonds is 7. The van der Waals surface area contributed by atoms with Gasteiger partial charge in [-0.05, 0) is 30.7 Å². The van der Waals surface area contributed by atoms with Crippen molar-refractivity contribution in [3.8, 4) is 0 Å². The summed E-state index contributed by atoms with van der Waals surface area (Å²) >= 11 is 5.85. The number of unbranched alkanes of at least 4 members (excludes halogenated alkanes) is 3. The molecular weight excluding hydrogens is 244 g/mol. The van der Waals surface area contributed by atoms with Gasteiger partial charge < -0.3 is 5.32 Å². The van der Waals surface area contributed by atoms with Gasteiger partial charge in [-0.3, -0.25) is 0 Å². The van der Waals surface area contributed by atoms with Crippen LogP contribution in [0.25, 0.3) is 0 Å². The van der Waals surface area contributed by atoms with Crippen LogP contribution in [0.4, 0.5) is 5.69 Å². The number of benzene rings is 1. The van der Waals surface area contributed by atoms with Gasteiger partial charge in [0, 0.05) is 18.0 Å². The highest BCUT2D eigenvalue weighted by Gasteiger charge is 1.97. The van der Waals surface area contributed by atoms with Crippen molar-refractivity contribution in [3.05, 3.63) is 29.3 Å². The molecule has 0 saturated heterocycles. The average molecular weight is 267 g/mol. The highest BCUT2D eigenvalue weighted by molar-refractivity contribution is 6.30. The third-order valence-electron chi connectivity index (χ3n) is 2.78. The zero-order valence-electron chi connectivity index (χ0n) is 11.4. The average Bonchev–Trinajstić information content (AvgIpc) is 2.39. The second kappa shape index (κ2) is 8.98. The Bertz CT molecular complexity index is 357. The molecule has 0 bridgehead atoms. The van der Waals surface area contributed by atoms with Gasteiger partial charge in [0.15, 0.2) is 0 Å². The maximum Gasteiger partial charge on any atom is 0.102 e. The van der Waals surface area contributed by atoms with Gasteiger partial charge in [0.05, 0.1) is 5.69 Å². The molecule has 0 aliphatic heterocycles. The molecule has 1 rings (SSSR count). The van der Waals surface area contributed by atoms with Gasteiger partial charge in [0.2, 0.25) is 0 Å². The molecule has 0 amide bonds. The Morgan fingerprint density at radius 3 is 2.44 bits per heavy atom. The Morgan fingerprint density at radius 2 is 1.83 bits per heavy atom. The van der Waals surface area contributed by atoms with Crippen molar-refractivity contribution < 1.29 is 0 Å². The summed E-state index contributed by atoms with van der Waals surface area (Å²) in [7, 11) is 0. The fraction of sp³-hybridized carbons (Fsp3) is 0.533. The zero-order chi connectivity index (χ0) is 13.2. The highest BCUT2D eigenvalue weighted by Crippen LogP contribution is 2.16. The molecule has 1 N–H and O–H groups in total. The first-order valence-corrected chi connectivity index (χ1v) is 7.21. The van der Waals surface area contributed by atoms with Gasteiger partial charge in [-0.15, -0.1) is 0 Å². The molecule has 0 unspecified atom stereocenters. The van der Waals surface area contributed by atoms with Crippen LogP contribution in [-0.2, 0) is 0 Å². The van der Waals surface area contributed by atoms with Crippen LogP contribution < -0.4 is 5.32 Å². The smallest absolute Gasteiger partial charge is 0.102 e. The monoisotopic (exact) mass is 266 g/mol. The molecule has 3 heteroatoms. The van der Waals surface area contributed by atoms with E-state index < -0.39 is 0 Å². The number of nitrogens with one attached hydrogen (secondary N) is 1. The molecule has 0 saturated carbocycles. The number of amidine groups is 1. The van der Waals surface area contributed by atoms with Crippen molar-refractivity contribution >= 4 is 23.1 Å². The van der Waals surface area contributed by atoms with Crippen LogP contribution in [-0.4, -0.2) is 12.4 Å². The Morgan fingerprint density at radius 1 is 1.11 bits per heavy atom. The largest absolute Gasteiger partial charge is 0.374 e. The minimum Gasteiger partial charge on any atom is -0.374 e. The molecule has 100 valence electrons. The summed E-state index contributed by atoms with van der Waals surface area (Å²) in [4.78, 5) is 4.58. The quantitative estimate of drug-likeness (QED) is 0.421. The third-order valence-corrected chi connectivity index (χ3v) is 3.04. The summed E-state index contributed by atoms with van der Waals surface area (Å²) in [6, 6.07) is 7.62. The van der Waals surface area contributed by atoms with Crippen molar-refractivity contribution in [3.63, 3.8) is 0 Å². The number of hydrogen-bond acceptors (Lipinski definition) is 1. The van der Waals surface area contributed by atoms with Crippen molar-refractivity contribution in [2.45, 2.75) is 46.0 Å². The van der Waals surface area contributed by atoms with E-state index in [0.29, 0.717) is 0 Å². The van der Waals surface area contributed by atoms with Crippen LogP contribution in [0, 0.1) is 0 Å². The maximum absolute atomic E-state index is 5.85. The third kappa shape index (κ3) is 6.06. The predicted octanol–water partition coefficient (Wildman–Crippen LogP) is 4.95. The lowest BCUT2D eigenvalue weighted by Crippen LogP contribution is -2.23. The lowest BCUT2D eigenvalue weighted by molar-refractivity contribution is 0.652. The van der Waals surface area contributed by atoms with Gasteiger partial charge >= 0.3 is 0 Å². The van der Waals surface area contributed by atoms with Gasteiger partial charge in [-0.2, -0.15) is 0 Å². The molecule has 1 aromatic rings. The minimum absolute atomic E-state index is 0.750. The summed E-state index contributed by atoms with van der Waals surface area (Å²) in [5, 5.41) is 4.16. The van der Waals surface area contributed by atoms with Gasteiger partial charge in [0.1, 0.15) is 5.84 Å². The SMILES string of the molecule is CCCCCCN/C(CC)=N\c1ccc(Cl)cc1. The Kier molecular flexibility index (Phi) is 7.51. The first kappa shape index (κ1) is 15.0. The molecule has 2 nitrogen and oxygen atoms in total. The molecular formula is C15H23ClN2. The molecule has 0 aliphatic rings. The lowest BCUT2D eigenvalue weighted by Gasteiger charge is -2.08. The standard InChI is InChI=1S/C15H23ClN2/c1-3-5-6-7-12-17-15(4-2)18-14-10-8-13(16)9-11-14/h8-11H,3-7,12H2,1-2H3,(H,17,18). The van der Waals surface area contributed by atoms with E-state index in [2.05, 4.69) is 24.2 Å². The molecule has 0 aromatic heterocycles. The van der Waals surface area contributed by atoms with Crippen LogP contribution in [0.3, 0.4) is 0 Å². The van der Waals surface area contributed by atoms with E-state index in [1.807, 2.05) is 24.3 Å². The van der Waals surface area contributed by atoms with Gasteiger partial charge in [0.25, 0.3) is 0 Å². The van der Waals surface area contributed by atoms with E-state index in [-0.39, 0.29) is 0 Å². The number of aliphatic imine (C=N–C) groups is 1. The Balaban J connectivity index is 2.42. The van der Waals surface area contributed by atoms with Crippen LogP contribution >= 0.6 is 11.6 Å². The van der Waals surface area contributed by atoms with Gasteiger partial charge in [-0.25, -0.2) is 4.99 Å². The molecule has 0 heterocycles. The summed E-state index contributed by atoms with van der Waals surface area (Å²) in [5.74, 6) is 1.05. The van der Waals surface area contributed by atoms with Crippen molar-refractivity contribution in [1.82, 2.24) is 5.32 Å². The topological polar surface area (TPSA) is 24.4 Å². The van der Waals surface area contributed by atoms with Crippen LogP contribution in [0.2, 0.25) is 5.02 Å². The molecule has 0 spiro atoms. The normalized spacial score (nSPS) is 11.6. The van der Waals surface area contributed by atoms with E-state index >= 15 is 0 Å². The van der Waals surface area contributed by atoms with Gasteiger partial charge in [-0.1, -0.05) is 44.7 Å². The van der Waals surface area contributed by atoms with E-state index in [1.54, 1.807) is 0 Å². The van der Waals surface area contributed by atoms with Crippen LogP contribution in [0.1, 0.15) is 46.0 Å². The van der Waals surface area contributed by atoms with E-state index in [9.17, 15) is 0 Å². The van der Waals surface area contributed by atoms with Crippen LogP contribution in [0.5, 0.6) is 0 Å². The maximum atomic E-state index is 5.85. The molecule has 0 aliphatic carbocycles. The molecule has 18 heavy (non-hydrogen) atoms. The van der Waals surface area contributed by atoms with Crippen molar-refractivity contribution in [2.24, 2.45) is 4.99 Å². The summed E-state index contributed by atoms with van der Waals surface area (Å²) in [6.45, 7) is 5.36. The Hall–Kier alpha value is -1.02. The van der Waals surface area contributed by atoms with Crippen molar-refractivity contribution in [1.29, 1.82) is 0 Å². The first-order valence-electron chi connectivity index (χ1n) is 6.83. The predicted molar refractivity (Wildman–Crippen MR) is 81.0 cm³/mol. The lowest BCUT2D eigenvalue weighted by atomic mass is 10.2. The molecule has 0 atom stereocenters. The first-order chi connectivity index (χ1) is 8.76. The Labute approximate surface area is 115 Å². The second-order valence-electron chi connectivity index (χ2n) is 4.38.